The van der Waals surface area contributed by atoms with Gasteiger partial charge in [-0.3, -0.25) is 20.2 Å². The Morgan fingerprint density at radius 1 is 0.658 bits per heavy atom. The third-order valence-corrected chi connectivity index (χ3v) is 7.43. The molecule has 0 heterocycles. The second-order valence-corrected chi connectivity index (χ2v) is 9.72. The second kappa shape index (κ2) is 11.7. The van der Waals surface area contributed by atoms with Gasteiger partial charge in [-0.2, -0.15) is 0 Å². The number of nitrogens with zero attached hydrogens (tertiary/aromatic N) is 2. The molecule has 2 N–H and O–H groups in total. The average molecular weight is 531 g/mol. The minimum absolute atomic E-state index is 0.0709. The van der Waals surface area contributed by atoms with Gasteiger partial charge in [0.2, 0.25) is 0 Å². The lowest BCUT2D eigenvalue weighted by Gasteiger charge is -2.14. The van der Waals surface area contributed by atoms with Gasteiger partial charge in [0.05, 0.1) is 30.4 Å². The van der Waals surface area contributed by atoms with E-state index < -0.39 is 20.6 Å². The van der Waals surface area contributed by atoms with Crippen molar-refractivity contribution in [3.63, 3.8) is 0 Å². The van der Waals surface area contributed by atoms with Crippen molar-refractivity contribution in [3.8, 4) is 22.3 Å². The summed E-state index contributed by atoms with van der Waals surface area (Å²) >= 11 is 0. The molecule has 0 aliphatic carbocycles. The first-order valence-corrected chi connectivity index (χ1v) is 13.2. The zero-order chi connectivity index (χ0) is 27.2. The number of nitrogens with one attached hydrogen (secondary N) is 2. The van der Waals surface area contributed by atoms with E-state index in [2.05, 4.69) is 10.6 Å². The molecule has 38 heavy (non-hydrogen) atoms. The van der Waals surface area contributed by atoms with Crippen LogP contribution in [-0.2, 0) is 10.8 Å². The van der Waals surface area contributed by atoms with Crippen LogP contribution in [0, 0.1) is 20.2 Å². The van der Waals surface area contributed by atoms with Crippen LogP contribution in [0.3, 0.4) is 0 Å². The van der Waals surface area contributed by atoms with Crippen molar-refractivity contribution in [1.82, 2.24) is 0 Å². The molecule has 4 aromatic carbocycles. The zero-order valence-electron chi connectivity index (χ0n) is 20.8. The first kappa shape index (κ1) is 26.5. The molecule has 4 aromatic rings. The van der Waals surface area contributed by atoms with Gasteiger partial charge in [-0.25, -0.2) is 4.21 Å². The first-order chi connectivity index (χ1) is 18.3. The predicted octanol–water partition coefficient (Wildman–Crippen LogP) is 6.87. The topological polar surface area (TPSA) is 127 Å². The lowest BCUT2D eigenvalue weighted by molar-refractivity contribution is -0.384. The smallest absolute Gasteiger partial charge is 0.292 e. The molecule has 9 nitrogen and oxygen atoms in total. The van der Waals surface area contributed by atoms with Crippen molar-refractivity contribution in [1.29, 1.82) is 0 Å². The highest BCUT2D eigenvalue weighted by Gasteiger charge is 2.22. The highest BCUT2D eigenvalue weighted by molar-refractivity contribution is 7.85. The number of benzene rings is 4. The van der Waals surface area contributed by atoms with Crippen LogP contribution in [0.1, 0.15) is 13.8 Å². The summed E-state index contributed by atoms with van der Waals surface area (Å²) < 4.78 is 14.0. The Hall–Kier alpha value is -4.57. The highest BCUT2D eigenvalue weighted by Crippen LogP contribution is 2.38. The predicted molar refractivity (Wildman–Crippen MR) is 150 cm³/mol. The lowest BCUT2D eigenvalue weighted by atomic mass is 10.0. The largest absolute Gasteiger partial charge is 0.380 e. The van der Waals surface area contributed by atoms with Crippen LogP contribution in [0.5, 0.6) is 0 Å². The van der Waals surface area contributed by atoms with Crippen LogP contribution in [0.15, 0.2) is 94.7 Å². The Labute approximate surface area is 222 Å². The standard InChI is InChI=1S/C28H26N4O5S/c1-3-29-23-15-13-19(17-25(23)31(33)34)21-9-5-7-11-27(21)38(37)28-12-8-6-10-22(28)20-14-16-24(30-4-2)26(18-20)32(35)36/h5-18,29-30H,3-4H2,1-2H3. The number of nitro groups is 2. The van der Waals surface area contributed by atoms with E-state index in [1.54, 1.807) is 72.8 Å². The number of anilines is 2. The molecule has 0 spiro atoms. The lowest BCUT2D eigenvalue weighted by Crippen LogP contribution is -2.03. The van der Waals surface area contributed by atoms with Gasteiger partial charge in [0.25, 0.3) is 11.4 Å². The molecule has 10 heteroatoms. The van der Waals surface area contributed by atoms with Gasteiger partial charge in [0.15, 0.2) is 0 Å². The number of hydrogen-bond acceptors (Lipinski definition) is 7. The monoisotopic (exact) mass is 530 g/mol. The third kappa shape index (κ3) is 5.40. The maximum atomic E-state index is 14.0. The number of hydrogen-bond donors (Lipinski definition) is 2. The summed E-state index contributed by atoms with van der Waals surface area (Å²) in [4.78, 5) is 23.5. The summed E-state index contributed by atoms with van der Waals surface area (Å²) in [6, 6.07) is 23.9. The van der Waals surface area contributed by atoms with Crippen molar-refractivity contribution in [2.24, 2.45) is 0 Å². The van der Waals surface area contributed by atoms with Gasteiger partial charge in [0.1, 0.15) is 11.4 Å². The zero-order valence-corrected chi connectivity index (χ0v) is 21.7. The van der Waals surface area contributed by atoms with E-state index in [0.29, 0.717) is 56.5 Å². The van der Waals surface area contributed by atoms with E-state index in [0.717, 1.165) is 0 Å². The van der Waals surface area contributed by atoms with Crippen LogP contribution in [0.25, 0.3) is 22.3 Å². The highest BCUT2D eigenvalue weighted by atomic mass is 32.2. The minimum atomic E-state index is -1.69. The third-order valence-electron chi connectivity index (χ3n) is 5.92. The SMILES string of the molecule is CCNc1ccc(-c2ccccc2S(=O)c2ccccc2-c2ccc(NCC)c([N+](=O)[O-])c2)cc1[N+](=O)[O-]. The first-order valence-electron chi connectivity index (χ1n) is 12.0. The Bertz CT molecular complexity index is 1430. The van der Waals surface area contributed by atoms with E-state index in [9.17, 15) is 24.4 Å². The van der Waals surface area contributed by atoms with E-state index in [-0.39, 0.29) is 11.4 Å². The second-order valence-electron chi connectivity index (χ2n) is 8.30. The molecule has 0 aliphatic rings. The average Bonchev–Trinajstić information content (AvgIpc) is 2.93. The molecule has 0 aromatic heterocycles. The quantitative estimate of drug-likeness (QED) is 0.169. The summed E-state index contributed by atoms with van der Waals surface area (Å²) in [5, 5.41) is 29.4. The molecule has 0 unspecified atom stereocenters. The summed E-state index contributed by atoms with van der Waals surface area (Å²) in [7, 11) is -1.69. The molecule has 0 fully saturated rings. The summed E-state index contributed by atoms with van der Waals surface area (Å²) in [5.74, 6) is 0. The Kier molecular flexibility index (Phi) is 8.12. The molecular formula is C28H26N4O5S. The summed E-state index contributed by atoms with van der Waals surface area (Å²) in [5.41, 5.74) is 2.99. The fraction of sp³-hybridized carbons (Fsp3) is 0.143. The van der Waals surface area contributed by atoms with Crippen LogP contribution in [0.4, 0.5) is 22.7 Å². The fourth-order valence-electron chi connectivity index (χ4n) is 4.23. The Balaban J connectivity index is 1.82. The number of nitro benzene ring substituents is 2. The van der Waals surface area contributed by atoms with Crippen molar-refractivity contribution in [2.75, 3.05) is 23.7 Å². The minimum Gasteiger partial charge on any atom is -0.380 e. The molecule has 0 bridgehead atoms. The van der Waals surface area contributed by atoms with Crippen molar-refractivity contribution in [2.45, 2.75) is 23.6 Å². The molecule has 0 amide bonds. The van der Waals surface area contributed by atoms with Crippen LogP contribution >= 0.6 is 0 Å². The number of rotatable bonds is 10. The van der Waals surface area contributed by atoms with Crippen LogP contribution < -0.4 is 10.6 Å². The van der Waals surface area contributed by atoms with E-state index in [1.807, 2.05) is 13.8 Å². The van der Waals surface area contributed by atoms with Crippen molar-refractivity contribution < 1.29 is 14.1 Å². The molecule has 0 aliphatic heterocycles. The molecule has 0 saturated carbocycles. The van der Waals surface area contributed by atoms with Crippen LogP contribution in [-0.4, -0.2) is 27.1 Å². The molecule has 0 atom stereocenters. The molecular weight excluding hydrogens is 504 g/mol. The maximum Gasteiger partial charge on any atom is 0.292 e. The molecule has 194 valence electrons. The Morgan fingerprint density at radius 3 is 1.42 bits per heavy atom. The normalized spacial score (nSPS) is 10.8. The van der Waals surface area contributed by atoms with E-state index in [1.165, 1.54) is 12.1 Å². The molecule has 4 rings (SSSR count). The van der Waals surface area contributed by atoms with E-state index >= 15 is 0 Å². The van der Waals surface area contributed by atoms with Gasteiger partial charge >= 0.3 is 0 Å². The van der Waals surface area contributed by atoms with Gasteiger partial charge in [-0.15, -0.1) is 0 Å². The Morgan fingerprint density at radius 2 is 1.05 bits per heavy atom. The van der Waals surface area contributed by atoms with Crippen LogP contribution in [0.2, 0.25) is 0 Å². The van der Waals surface area contributed by atoms with Gasteiger partial charge in [0, 0.05) is 25.2 Å². The van der Waals surface area contributed by atoms with Crippen molar-refractivity contribution >= 4 is 33.5 Å². The maximum absolute atomic E-state index is 14.0. The molecule has 0 radical (unpaired) electrons. The van der Waals surface area contributed by atoms with Crippen molar-refractivity contribution in [3.05, 3.63) is 105 Å². The summed E-state index contributed by atoms with van der Waals surface area (Å²) in [6.45, 7) is 4.78. The summed E-state index contributed by atoms with van der Waals surface area (Å²) in [6.07, 6.45) is 0. The fourth-order valence-corrected chi connectivity index (χ4v) is 5.64. The van der Waals surface area contributed by atoms with Gasteiger partial charge in [-0.05, 0) is 60.4 Å². The van der Waals surface area contributed by atoms with Gasteiger partial charge < -0.3 is 10.6 Å². The van der Waals surface area contributed by atoms with E-state index in [4.69, 9.17) is 0 Å². The van der Waals surface area contributed by atoms with Gasteiger partial charge in [-0.1, -0.05) is 48.5 Å². The molecule has 0 saturated heterocycles.